The third kappa shape index (κ3) is 7.25. The van der Waals surface area contributed by atoms with Gasteiger partial charge in [-0.2, -0.15) is 0 Å². The Balaban J connectivity index is 1.41. The second-order valence-corrected chi connectivity index (χ2v) is 9.38. The number of nitrogens with zero attached hydrogens (tertiary/aromatic N) is 4. The number of hydrogen-bond donors (Lipinski definition) is 0. The number of aromatic nitrogens is 2. The van der Waals surface area contributed by atoms with E-state index in [4.69, 9.17) is 9.47 Å². The highest BCUT2D eigenvalue weighted by atomic mass is 32.2. The van der Waals surface area contributed by atoms with Crippen molar-refractivity contribution >= 4 is 23.6 Å². The Morgan fingerprint density at radius 1 is 1.15 bits per heavy atom. The summed E-state index contributed by atoms with van der Waals surface area (Å²) in [5, 5.41) is 0.789. The van der Waals surface area contributed by atoms with Crippen LogP contribution in [0.2, 0.25) is 0 Å². The lowest BCUT2D eigenvalue weighted by atomic mass is 9.99. The first-order valence-electron chi connectivity index (χ1n) is 11.3. The summed E-state index contributed by atoms with van der Waals surface area (Å²) in [6.45, 7) is 3.50. The van der Waals surface area contributed by atoms with E-state index in [1.54, 1.807) is 23.5 Å². The Kier molecular flexibility index (Phi) is 8.68. The maximum Gasteiger partial charge on any atom is 0.242 e. The van der Waals surface area contributed by atoms with Crippen molar-refractivity contribution < 1.29 is 19.1 Å². The highest BCUT2D eigenvalue weighted by molar-refractivity contribution is 7.99. The standard InChI is InChI=1S/C24H30N4O4S/c29-23-16-28(24(30)18-33-22-5-1-2-9-26-22)15-21(32-17-20-4-3-8-25-12-20)14-27(23)13-19-6-10-31-11-7-19/h1-5,8-9,12,19,21H,6-7,10-11,13-18H2/t21-/m0/s1. The highest BCUT2D eigenvalue weighted by Gasteiger charge is 2.32. The van der Waals surface area contributed by atoms with Gasteiger partial charge in [-0.25, -0.2) is 4.98 Å². The quantitative estimate of drug-likeness (QED) is 0.547. The Bertz CT molecular complexity index is 896. The fourth-order valence-corrected chi connectivity index (χ4v) is 4.81. The SMILES string of the molecule is O=C(CSc1ccccn1)N1CC(=O)N(CC2CCOCC2)C[C@H](OCc2cccnc2)C1. The molecule has 0 saturated carbocycles. The van der Waals surface area contributed by atoms with Gasteiger partial charge in [0.1, 0.15) is 0 Å². The summed E-state index contributed by atoms with van der Waals surface area (Å²) in [5.41, 5.74) is 0.965. The van der Waals surface area contributed by atoms with Gasteiger partial charge in [0, 0.05) is 51.4 Å². The zero-order chi connectivity index (χ0) is 22.9. The molecule has 2 aliphatic rings. The first-order valence-corrected chi connectivity index (χ1v) is 12.3. The summed E-state index contributed by atoms with van der Waals surface area (Å²) >= 11 is 1.38. The molecule has 2 saturated heterocycles. The molecular weight excluding hydrogens is 440 g/mol. The molecule has 0 unspecified atom stereocenters. The van der Waals surface area contributed by atoms with E-state index in [2.05, 4.69) is 9.97 Å². The molecule has 0 radical (unpaired) electrons. The average molecular weight is 471 g/mol. The molecule has 33 heavy (non-hydrogen) atoms. The zero-order valence-corrected chi connectivity index (χ0v) is 19.5. The van der Waals surface area contributed by atoms with Crippen LogP contribution in [0.15, 0.2) is 53.9 Å². The van der Waals surface area contributed by atoms with Crippen LogP contribution in [-0.2, 0) is 25.7 Å². The monoisotopic (exact) mass is 470 g/mol. The number of pyridine rings is 2. The van der Waals surface area contributed by atoms with Gasteiger partial charge in [-0.1, -0.05) is 23.9 Å². The molecule has 4 heterocycles. The summed E-state index contributed by atoms with van der Waals surface area (Å²) in [4.78, 5) is 38.0. The second-order valence-electron chi connectivity index (χ2n) is 8.38. The summed E-state index contributed by atoms with van der Waals surface area (Å²) in [6.07, 6.45) is 6.85. The van der Waals surface area contributed by atoms with Crippen molar-refractivity contribution in [3.8, 4) is 0 Å². The number of ether oxygens (including phenoxy) is 2. The topological polar surface area (TPSA) is 84.9 Å². The molecule has 2 aromatic heterocycles. The van der Waals surface area contributed by atoms with Gasteiger partial charge < -0.3 is 19.3 Å². The van der Waals surface area contributed by atoms with E-state index in [1.807, 2.05) is 35.2 Å². The number of hydrogen-bond acceptors (Lipinski definition) is 7. The lowest BCUT2D eigenvalue weighted by Gasteiger charge is -2.30. The van der Waals surface area contributed by atoms with Crippen molar-refractivity contribution in [2.75, 3.05) is 45.1 Å². The van der Waals surface area contributed by atoms with Crippen LogP contribution in [0, 0.1) is 5.92 Å². The summed E-state index contributed by atoms with van der Waals surface area (Å²) in [5.74, 6) is 0.551. The van der Waals surface area contributed by atoms with Crippen LogP contribution in [0.4, 0.5) is 0 Å². The van der Waals surface area contributed by atoms with Crippen LogP contribution in [0.1, 0.15) is 18.4 Å². The maximum absolute atomic E-state index is 13.1. The number of amides is 2. The van der Waals surface area contributed by atoms with E-state index in [-0.39, 0.29) is 30.2 Å². The number of carbonyl (C=O) groups excluding carboxylic acids is 2. The number of carbonyl (C=O) groups is 2. The molecule has 4 rings (SSSR count). The summed E-state index contributed by atoms with van der Waals surface area (Å²) in [6, 6.07) is 9.45. The lowest BCUT2D eigenvalue weighted by Crippen LogP contribution is -2.42. The molecule has 0 bridgehead atoms. The van der Waals surface area contributed by atoms with Gasteiger partial charge in [-0.15, -0.1) is 0 Å². The Morgan fingerprint density at radius 3 is 2.79 bits per heavy atom. The molecule has 2 aromatic rings. The maximum atomic E-state index is 13.1. The van der Waals surface area contributed by atoms with Crippen molar-refractivity contribution in [3.05, 3.63) is 54.5 Å². The van der Waals surface area contributed by atoms with Gasteiger partial charge in [0.2, 0.25) is 11.8 Å². The highest BCUT2D eigenvalue weighted by Crippen LogP contribution is 2.20. The Morgan fingerprint density at radius 2 is 2.03 bits per heavy atom. The molecule has 176 valence electrons. The molecule has 0 aromatic carbocycles. The average Bonchev–Trinajstić information content (AvgIpc) is 3.02. The third-order valence-electron chi connectivity index (χ3n) is 5.89. The summed E-state index contributed by atoms with van der Waals surface area (Å²) < 4.78 is 11.7. The van der Waals surface area contributed by atoms with Crippen LogP contribution in [0.3, 0.4) is 0 Å². The van der Waals surface area contributed by atoms with Crippen molar-refractivity contribution in [1.29, 1.82) is 0 Å². The molecule has 0 N–H and O–H groups in total. The predicted octanol–water partition coefficient (Wildman–Crippen LogP) is 2.25. The van der Waals surface area contributed by atoms with Gasteiger partial charge >= 0.3 is 0 Å². The van der Waals surface area contributed by atoms with Crippen molar-refractivity contribution in [1.82, 2.24) is 19.8 Å². The lowest BCUT2D eigenvalue weighted by molar-refractivity contribution is -0.137. The van der Waals surface area contributed by atoms with E-state index in [9.17, 15) is 9.59 Å². The van der Waals surface area contributed by atoms with Gasteiger partial charge in [0.15, 0.2) is 0 Å². The largest absolute Gasteiger partial charge is 0.381 e. The zero-order valence-electron chi connectivity index (χ0n) is 18.7. The van der Waals surface area contributed by atoms with E-state index >= 15 is 0 Å². The smallest absolute Gasteiger partial charge is 0.242 e. The van der Waals surface area contributed by atoms with Gasteiger partial charge in [0.25, 0.3) is 0 Å². The van der Waals surface area contributed by atoms with Crippen LogP contribution < -0.4 is 0 Å². The second kappa shape index (κ2) is 12.1. The Hall–Kier alpha value is -2.49. The first kappa shape index (κ1) is 23.7. The van der Waals surface area contributed by atoms with Crippen molar-refractivity contribution in [2.45, 2.75) is 30.6 Å². The number of rotatable bonds is 8. The molecule has 2 aliphatic heterocycles. The van der Waals surface area contributed by atoms with E-state index in [1.165, 1.54) is 11.8 Å². The molecule has 0 aliphatic carbocycles. The van der Waals surface area contributed by atoms with E-state index in [0.29, 0.717) is 32.2 Å². The fourth-order valence-electron chi connectivity index (χ4n) is 4.05. The summed E-state index contributed by atoms with van der Waals surface area (Å²) in [7, 11) is 0. The minimum atomic E-state index is -0.264. The predicted molar refractivity (Wildman–Crippen MR) is 124 cm³/mol. The first-order chi connectivity index (χ1) is 16.2. The molecule has 9 heteroatoms. The number of thioether (sulfide) groups is 1. The van der Waals surface area contributed by atoms with Gasteiger partial charge in [-0.05, 0) is 42.5 Å². The van der Waals surface area contributed by atoms with Crippen LogP contribution in [-0.4, -0.2) is 82.8 Å². The van der Waals surface area contributed by atoms with Gasteiger partial charge in [-0.3, -0.25) is 14.6 Å². The minimum absolute atomic E-state index is 0.0230. The van der Waals surface area contributed by atoms with Crippen LogP contribution >= 0.6 is 11.8 Å². The van der Waals surface area contributed by atoms with Gasteiger partial charge in [0.05, 0.1) is 30.0 Å². The van der Waals surface area contributed by atoms with Crippen LogP contribution in [0.25, 0.3) is 0 Å². The molecular formula is C24H30N4O4S. The third-order valence-corrected chi connectivity index (χ3v) is 6.82. The molecule has 2 amide bonds. The fraction of sp³-hybridized carbons (Fsp3) is 0.500. The normalized spacial score (nSPS) is 20.0. The Labute approximate surface area is 198 Å². The molecule has 8 nitrogen and oxygen atoms in total. The van der Waals surface area contributed by atoms with E-state index in [0.717, 1.165) is 36.6 Å². The van der Waals surface area contributed by atoms with E-state index < -0.39 is 0 Å². The molecule has 2 fully saturated rings. The van der Waals surface area contributed by atoms with Crippen molar-refractivity contribution in [2.24, 2.45) is 5.92 Å². The van der Waals surface area contributed by atoms with Crippen molar-refractivity contribution in [3.63, 3.8) is 0 Å². The van der Waals surface area contributed by atoms with Crippen LogP contribution in [0.5, 0.6) is 0 Å². The molecule has 0 spiro atoms. The molecule has 1 atom stereocenters. The minimum Gasteiger partial charge on any atom is -0.381 e.